The van der Waals surface area contributed by atoms with Gasteiger partial charge in [0.05, 0.1) is 5.25 Å². The average molecular weight is 229 g/mol. The second-order valence-electron chi connectivity index (χ2n) is 4.22. The Morgan fingerprint density at radius 3 is 2.80 bits per heavy atom. The molecule has 1 saturated carbocycles. The minimum atomic E-state index is -2.87. The number of nitrogens with one attached hydrogen (secondary N) is 1. The molecule has 3 nitrogen and oxygen atoms in total. The Morgan fingerprint density at radius 1 is 1.47 bits per heavy atom. The summed E-state index contributed by atoms with van der Waals surface area (Å²) >= 11 is 0. The van der Waals surface area contributed by atoms with Gasteiger partial charge in [0.25, 0.3) is 0 Å². The van der Waals surface area contributed by atoms with Crippen LogP contribution in [-0.2, 0) is 9.84 Å². The van der Waals surface area contributed by atoms with E-state index in [0.29, 0.717) is 12.5 Å². The molecule has 2 atom stereocenters. The molecular weight excluding hydrogens is 210 g/mol. The van der Waals surface area contributed by atoms with Crippen LogP contribution in [0.4, 0.5) is 0 Å². The number of hydrogen-bond donors (Lipinski definition) is 1. The molecule has 1 aliphatic rings. The molecule has 0 aliphatic heterocycles. The second-order valence-corrected chi connectivity index (χ2v) is 6.55. The first-order chi connectivity index (χ1) is 7.04. The van der Waals surface area contributed by atoms with Crippen molar-refractivity contribution in [3.8, 4) is 12.3 Å². The molecule has 0 heterocycles. The Labute approximate surface area is 92.6 Å². The Balaban J connectivity index is 2.40. The average Bonchev–Trinajstić information content (AvgIpc) is 2.17. The van der Waals surface area contributed by atoms with Gasteiger partial charge in [0.1, 0.15) is 9.84 Å². The summed E-state index contributed by atoms with van der Waals surface area (Å²) < 4.78 is 22.8. The van der Waals surface area contributed by atoms with Gasteiger partial charge in [-0.1, -0.05) is 6.42 Å². The molecule has 1 fully saturated rings. The molecule has 0 aromatic heterocycles. The number of sulfone groups is 1. The Kier molecular flexibility index (Phi) is 4.62. The van der Waals surface area contributed by atoms with Gasteiger partial charge in [-0.3, -0.25) is 0 Å². The molecule has 1 N–H and O–H groups in total. The van der Waals surface area contributed by atoms with Crippen LogP contribution in [0.25, 0.3) is 0 Å². The minimum absolute atomic E-state index is 0.158. The molecule has 0 bridgehead atoms. The number of rotatable bonds is 4. The van der Waals surface area contributed by atoms with Gasteiger partial charge in [-0.15, -0.1) is 12.3 Å². The van der Waals surface area contributed by atoms with Crippen molar-refractivity contribution >= 4 is 9.84 Å². The fraction of sp³-hybridized carbons (Fsp3) is 0.818. The first-order valence-corrected chi connectivity index (χ1v) is 7.35. The molecule has 1 rings (SSSR count). The third-order valence-corrected chi connectivity index (χ3v) is 4.57. The predicted molar refractivity (Wildman–Crippen MR) is 62.3 cm³/mol. The van der Waals surface area contributed by atoms with Gasteiger partial charge in [-0.25, -0.2) is 8.42 Å². The highest BCUT2D eigenvalue weighted by Gasteiger charge is 2.28. The fourth-order valence-corrected chi connectivity index (χ4v) is 3.24. The van der Waals surface area contributed by atoms with E-state index in [9.17, 15) is 8.42 Å². The molecule has 1 aliphatic carbocycles. The lowest BCUT2D eigenvalue weighted by Gasteiger charge is -2.28. The summed E-state index contributed by atoms with van der Waals surface area (Å²) in [6.45, 7) is 0.789. The van der Waals surface area contributed by atoms with Crippen molar-refractivity contribution in [3.05, 3.63) is 0 Å². The molecular formula is C11H19NO2S. The van der Waals surface area contributed by atoms with Crippen LogP contribution in [0.15, 0.2) is 0 Å². The third-order valence-electron chi connectivity index (χ3n) is 2.93. The molecule has 0 radical (unpaired) electrons. The molecule has 0 aromatic carbocycles. The lowest BCUT2D eigenvalue weighted by atomic mass is 9.95. The first-order valence-electron chi connectivity index (χ1n) is 5.39. The quantitative estimate of drug-likeness (QED) is 0.577. The van der Waals surface area contributed by atoms with Crippen LogP contribution in [0.3, 0.4) is 0 Å². The van der Waals surface area contributed by atoms with Crippen molar-refractivity contribution in [1.82, 2.24) is 5.32 Å². The lowest BCUT2D eigenvalue weighted by molar-refractivity contribution is 0.375. The highest BCUT2D eigenvalue weighted by Crippen LogP contribution is 2.23. The molecule has 2 unspecified atom stereocenters. The van der Waals surface area contributed by atoms with Crippen molar-refractivity contribution in [2.45, 2.75) is 43.4 Å². The molecule has 0 saturated heterocycles. The van der Waals surface area contributed by atoms with Crippen LogP contribution in [0.2, 0.25) is 0 Å². The number of hydrogen-bond acceptors (Lipinski definition) is 3. The Bertz CT molecular complexity index is 329. The van der Waals surface area contributed by atoms with E-state index in [4.69, 9.17) is 6.42 Å². The molecule has 0 aromatic rings. The summed E-state index contributed by atoms with van der Waals surface area (Å²) in [6.07, 6.45) is 10.8. The smallest absolute Gasteiger partial charge is 0.150 e. The largest absolute Gasteiger partial charge is 0.313 e. The summed E-state index contributed by atoms with van der Waals surface area (Å²) in [4.78, 5) is 0. The van der Waals surface area contributed by atoms with Gasteiger partial charge < -0.3 is 5.32 Å². The summed E-state index contributed by atoms with van der Waals surface area (Å²) in [5.41, 5.74) is 0. The number of terminal acetylenes is 1. The Hall–Kier alpha value is -0.530. The van der Waals surface area contributed by atoms with Crippen molar-refractivity contribution < 1.29 is 8.42 Å². The first kappa shape index (κ1) is 12.5. The highest BCUT2D eigenvalue weighted by atomic mass is 32.2. The van der Waals surface area contributed by atoms with Crippen LogP contribution in [0.5, 0.6) is 0 Å². The SMILES string of the molecule is C#CCCNC1CCCC(S(C)(=O)=O)C1. The summed E-state index contributed by atoms with van der Waals surface area (Å²) in [7, 11) is -2.87. The summed E-state index contributed by atoms with van der Waals surface area (Å²) in [6, 6.07) is 0.326. The van der Waals surface area contributed by atoms with Gasteiger partial charge in [0, 0.05) is 25.3 Å². The molecule has 4 heteroatoms. The predicted octanol–water partition coefficient (Wildman–Crippen LogP) is 0.955. The van der Waals surface area contributed by atoms with Crippen LogP contribution >= 0.6 is 0 Å². The van der Waals surface area contributed by atoms with Crippen LogP contribution < -0.4 is 5.32 Å². The van der Waals surface area contributed by atoms with Gasteiger partial charge in [-0.2, -0.15) is 0 Å². The monoisotopic (exact) mass is 229 g/mol. The molecule has 0 spiro atoms. The van der Waals surface area contributed by atoms with Crippen LogP contribution in [0, 0.1) is 12.3 Å². The van der Waals surface area contributed by atoms with E-state index >= 15 is 0 Å². The van der Waals surface area contributed by atoms with Gasteiger partial charge in [0.15, 0.2) is 0 Å². The molecule has 15 heavy (non-hydrogen) atoms. The minimum Gasteiger partial charge on any atom is -0.313 e. The maximum atomic E-state index is 11.4. The van der Waals surface area contributed by atoms with E-state index in [1.807, 2.05) is 0 Å². The molecule has 0 amide bonds. The van der Waals surface area contributed by atoms with Crippen molar-refractivity contribution in [2.75, 3.05) is 12.8 Å². The van der Waals surface area contributed by atoms with Gasteiger partial charge >= 0.3 is 0 Å². The van der Waals surface area contributed by atoms with E-state index in [-0.39, 0.29) is 5.25 Å². The topological polar surface area (TPSA) is 46.2 Å². The van der Waals surface area contributed by atoms with Crippen LogP contribution in [0.1, 0.15) is 32.1 Å². The van der Waals surface area contributed by atoms with E-state index in [1.54, 1.807) is 0 Å². The normalized spacial score (nSPS) is 27.2. The zero-order valence-corrected chi connectivity index (χ0v) is 10.0. The van der Waals surface area contributed by atoms with Crippen LogP contribution in [-0.4, -0.2) is 32.5 Å². The highest BCUT2D eigenvalue weighted by molar-refractivity contribution is 7.91. The maximum absolute atomic E-state index is 11.4. The Morgan fingerprint density at radius 2 is 2.20 bits per heavy atom. The lowest BCUT2D eigenvalue weighted by Crippen LogP contribution is -2.39. The fourth-order valence-electron chi connectivity index (χ4n) is 2.07. The van der Waals surface area contributed by atoms with E-state index < -0.39 is 9.84 Å². The van der Waals surface area contributed by atoms with E-state index in [1.165, 1.54) is 6.26 Å². The maximum Gasteiger partial charge on any atom is 0.150 e. The second kappa shape index (κ2) is 5.53. The molecule has 86 valence electrons. The zero-order valence-electron chi connectivity index (χ0n) is 9.20. The van der Waals surface area contributed by atoms with Crippen molar-refractivity contribution in [1.29, 1.82) is 0 Å². The van der Waals surface area contributed by atoms with E-state index in [0.717, 1.165) is 32.2 Å². The summed E-state index contributed by atoms with van der Waals surface area (Å²) in [5, 5.41) is 3.16. The summed E-state index contributed by atoms with van der Waals surface area (Å²) in [5.74, 6) is 2.57. The van der Waals surface area contributed by atoms with Gasteiger partial charge in [-0.05, 0) is 19.3 Å². The third kappa shape index (κ3) is 4.23. The van der Waals surface area contributed by atoms with Gasteiger partial charge in [0.2, 0.25) is 0 Å². The van der Waals surface area contributed by atoms with Crippen molar-refractivity contribution in [3.63, 3.8) is 0 Å². The van der Waals surface area contributed by atoms with E-state index in [2.05, 4.69) is 11.2 Å². The van der Waals surface area contributed by atoms with Crippen molar-refractivity contribution in [2.24, 2.45) is 0 Å². The standard InChI is InChI=1S/C11H19NO2S/c1-3-4-8-12-10-6-5-7-11(9-10)15(2,13)14/h1,10-12H,4-9H2,2H3. The zero-order chi connectivity index (χ0) is 11.3.